The summed E-state index contributed by atoms with van der Waals surface area (Å²) in [6, 6.07) is 17.7. The van der Waals surface area contributed by atoms with Gasteiger partial charge in [-0.3, -0.25) is 14.3 Å². The highest BCUT2D eigenvalue weighted by molar-refractivity contribution is 7.99. The van der Waals surface area contributed by atoms with Crippen molar-refractivity contribution in [3.63, 3.8) is 0 Å². The van der Waals surface area contributed by atoms with Gasteiger partial charge < -0.3 is 14.5 Å². The number of morpholine rings is 1. The van der Waals surface area contributed by atoms with E-state index in [1.54, 1.807) is 6.08 Å². The van der Waals surface area contributed by atoms with Crippen LogP contribution in [0.1, 0.15) is 5.56 Å². The van der Waals surface area contributed by atoms with E-state index in [1.807, 2.05) is 47.0 Å². The van der Waals surface area contributed by atoms with Gasteiger partial charge in [0.2, 0.25) is 11.7 Å². The Morgan fingerprint density at radius 1 is 1.11 bits per heavy atom. The Morgan fingerprint density at radius 3 is 2.69 bits per heavy atom. The van der Waals surface area contributed by atoms with Gasteiger partial charge in [-0.2, -0.15) is 0 Å². The molecule has 0 saturated carbocycles. The summed E-state index contributed by atoms with van der Waals surface area (Å²) in [6.07, 6.45) is 1.78. The van der Waals surface area contributed by atoms with Gasteiger partial charge >= 0.3 is 0 Å². The minimum atomic E-state index is -0.102. The molecule has 8 nitrogen and oxygen atoms in total. The quantitative estimate of drug-likeness (QED) is 0.275. The zero-order chi connectivity index (χ0) is 24.0. The Bertz CT molecular complexity index is 1280. The van der Waals surface area contributed by atoms with Crippen LogP contribution in [0.3, 0.4) is 0 Å². The first-order valence-corrected chi connectivity index (χ1v) is 12.5. The average molecular weight is 490 g/mol. The molecule has 1 saturated heterocycles. The van der Waals surface area contributed by atoms with E-state index < -0.39 is 0 Å². The fourth-order valence-electron chi connectivity index (χ4n) is 4.00. The van der Waals surface area contributed by atoms with Gasteiger partial charge in [0.25, 0.3) is 0 Å². The molecule has 35 heavy (non-hydrogen) atoms. The minimum absolute atomic E-state index is 0.102. The summed E-state index contributed by atoms with van der Waals surface area (Å²) < 4.78 is 13.3. The first-order valence-electron chi connectivity index (χ1n) is 11.5. The van der Waals surface area contributed by atoms with Crippen LogP contribution in [0.5, 0.6) is 0 Å². The van der Waals surface area contributed by atoms with Gasteiger partial charge in [0.15, 0.2) is 10.9 Å². The number of rotatable bonds is 9. The van der Waals surface area contributed by atoms with Crippen molar-refractivity contribution in [2.24, 2.45) is 0 Å². The van der Waals surface area contributed by atoms with Gasteiger partial charge in [-0.15, -0.1) is 16.8 Å². The average Bonchev–Trinajstić information content (AvgIpc) is 3.49. The van der Waals surface area contributed by atoms with E-state index in [0.717, 1.165) is 49.5 Å². The van der Waals surface area contributed by atoms with Crippen molar-refractivity contribution in [1.29, 1.82) is 0 Å². The van der Waals surface area contributed by atoms with E-state index >= 15 is 0 Å². The summed E-state index contributed by atoms with van der Waals surface area (Å²) >= 11 is 1.33. The van der Waals surface area contributed by atoms with E-state index in [-0.39, 0.29) is 11.7 Å². The van der Waals surface area contributed by atoms with Gasteiger partial charge in [-0.05, 0) is 29.8 Å². The Balaban J connectivity index is 1.20. The number of anilines is 1. The summed E-state index contributed by atoms with van der Waals surface area (Å²) in [6.45, 7) is 8.71. The first kappa shape index (κ1) is 23.3. The van der Waals surface area contributed by atoms with Crippen LogP contribution in [0.15, 0.2) is 76.8 Å². The third kappa shape index (κ3) is 5.64. The number of hydrogen-bond acceptors (Lipinski definition) is 7. The zero-order valence-corrected chi connectivity index (χ0v) is 20.2. The highest BCUT2D eigenvalue weighted by Gasteiger charge is 2.18. The number of nitrogens with one attached hydrogen (secondary N) is 1. The number of aromatic nitrogens is 3. The number of amides is 1. The largest absolute Gasteiger partial charge is 0.453 e. The zero-order valence-electron chi connectivity index (χ0n) is 19.4. The number of thioether (sulfide) groups is 1. The molecule has 1 aliphatic heterocycles. The summed E-state index contributed by atoms with van der Waals surface area (Å²) in [5.74, 6) is 1.36. The van der Waals surface area contributed by atoms with Crippen LogP contribution in [0, 0.1) is 0 Å². The number of para-hydroxylation sites is 1. The molecule has 9 heteroatoms. The van der Waals surface area contributed by atoms with Crippen molar-refractivity contribution in [3.05, 3.63) is 72.8 Å². The molecule has 1 amide bonds. The SMILES string of the molecule is C=CCn1c(SCC(=O)Nc2ccc(CN3CCOCC3)cc2)nnc1-c1cc2ccccc2o1. The monoisotopic (exact) mass is 489 g/mol. The molecule has 0 radical (unpaired) electrons. The maximum absolute atomic E-state index is 12.6. The third-order valence-corrected chi connectivity index (χ3v) is 6.72. The predicted octanol–water partition coefficient (Wildman–Crippen LogP) is 4.44. The van der Waals surface area contributed by atoms with Crippen molar-refractivity contribution in [1.82, 2.24) is 19.7 Å². The molecule has 3 heterocycles. The number of fused-ring (bicyclic) bond motifs is 1. The molecular weight excluding hydrogens is 462 g/mol. The van der Waals surface area contributed by atoms with Crippen LogP contribution in [-0.2, 0) is 22.6 Å². The van der Waals surface area contributed by atoms with Crippen LogP contribution in [-0.4, -0.2) is 57.6 Å². The number of allylic oxidation sites excluding steroid dienone is 1. The smallest absolute Gasteiger partial charge is 0.234 e. The molecule has 5 rings (SSSR count). The molecule has 1 fully saturated rings. The standard InChI is InChI=1S/C26H27N5O3S/c1-2-11-31-25(23-16-20-5-3-4-6-22(20)34-23)28-29-26(31)35-18-24(32)27-21-9-7-19(8-10-21)17-30-12-14-33-15-13-30/h2-10,16H,1,11-15,17-18H2,(H,27,32). The normalized spacial score (nSPS) is 14.3. The summed E-state index contributed by atoms with van der Waals surface area (Å²) in [4.78, 5) is 15.0. The Hall–Kier alpha value is -3.40. The number of benzene rings is 2. The van der Waals surface area contributed by atoms with E-state index in [0.29, 0.717) is 23.3 Å². The van der Waals surface area contributed by atoms with Crippen LogP contribution >= 0.6 is 11.8 Å². The topological polar surface area (TPSA) is 85.4 Å². The van der Waals surface area contributed by atoms with Crippen molar-refractivity contribution >= 4 is 34.3 Å². The Labute approximate surface area is 208 Å². The molecule has 0 bridgehead atoms. The van der Waals surface area contributed by atoms with Gasteiger partial charge in [-0.1, -0.05) is 48.2 Å². The molecule has 1 aliphatic rings. The maximum atomic E-state index is 12.6. The number of hydrogen-bond donors (Lipinski definition) is 1. The lowest BCUT2D eigenvalue weighted by molar-refractivity contribution is -0.113. The van der Waals surface area contributed by atoms with Gasteiger partial charge in [0.05, 0.1) is 19.0 Å². The number of ether oxygens (including phenoxy) is 1. The molecule has 2 aromatic heterocycles. The summed E-state index contributed by atoms with van der Waals surface area (Å²) in [5.41, 5.74) is 2.78. The van der Waals surface area contributed by atoms with E-state index in [2.05, 4.69) is 39.1 Å². The Morgan fingerprint density at radius 2 is 1.91 bits per heavy atom. The van der Waals surface area contributed by atoms with Crippen molar-refractivity contribution in [2.75, 3.05) is 37.4 Å². The van der Waals surface area contributed by atoms with Crippen LogP contribution < -0.4 is 5.32 Å². The van der Waals surface area contributed by atoms with Crippen LogP contribution in [0.25, 0.3) is 22.6 Å². The molecule has 0 aliphatic carbocycles. The molecule has 0 spiro atoms. The summed E-state index contributed by atoms with van der Waals surface area (Å²) in [7, 11) is 0. The number of furan rings is 1. The second kappa shape index (κ2) is 10.9. The van der Waals surface area contributed by atoms with Gasteiger partial charge in [0.1, 0.15) is 5.58 Å². The van der Waals surface area contributed by atoms with Crippen LogP contribution in [0.2, 0.25) is 0 Å². The van der Waals surface area contributed by atoms with E-state index in [4.69, 9.17) is 9.15 Å². The van der Waals surface area contributed by atoms with Gasteiger partial charge in [-0.25, -0.2) is 0 Å². The third-order valence-electron chi connectivity index (χ3n) is 5.75. The first-order chi connectivity index (χ1) is 17.2. The van der Waals surface area contributed by atoms with Crippen molar-refractivity contribution in [2.45, 2.75) is 18.2 Å². The van der Waals surface area contributed by atoms with Gasteiger partial charge in [0, 0.05) is 37.3 Å². The number of carbonyl (C=O) groups is 1. The van der Waals surface area contributed by atoms with E-state index in [9.17, 15) is 4.79 Å². The molecule has 180 valence electrons. The Kier molecular flexibility index (Phi) is 7.27. The van der Waals surface area contributed by atoms with E-state index in [1.165, 1.54) is 17.3 Å². The molecule has 4 aromatic rings. The fraction of sp³-hybridized carbons (Fsp3) is 0.269. The summed E-state index contributed by atoms with van der Waals surface area (Å²) in [5, 5.41) is 13.2. The van der Waals surface area contributed by atoms with Crippen molar-refractivity contribution in [3.8, 4) is 11.6 Å². The molecule has 0 unspecified atom stereocenters. The lowest BCUT2D eigenvalue weighted by Gasteiger charge is -2.26. The lowest BCUT2D eigenvalue weighted by Crippen LogP contribution is -2.35. The lowest BCUT2D eigenvalue weighted by atomic mass is 10.2. The highest BCUT2D eigenvalue weighted by Crippen LogP contribution is 2.29. The number of nitrogens with zero attached hydrogens (tertiary/aromatic N) is 4. The maximum Gasteiger partial charge on any atom is 0.234 e. The second-order valence-corrected chi connectivity index (χ2v) is 9.22. The van der Waals surface area contributed by atoms with Crippen LogP contribution in [0.4, 0.5) is 5.69 Å². The minimum Gasteiger partial charge on any atom is -0.453 e. The molecular formula is C26H27N5O3S. The fourth-order valence-corrected chi connectivity index (χ4v) is 4.75. The highest BCUT2D eigenvalue weighted by atomic mass is 32.2. The molecule has 1 N–H and O–H groups in total. The van der Waals surface area contributed by atoms with Crippen molar-refractivity contribution < 1.29 is 13.9 Å². The number of carbonyl (C=O) groups excluding carboxylic acids is 1. The predicted molar refractivity (Wildman–Crippen MR) is 137 cm³/mol. The molecule has 0 atom stereocenters. The molecule has 2 aromatic carbocycles. The second-order valence-electron chi connectivity index (χ2n) is 8.28.